The second kappa shape index (κ2) is 9.14. The van der Waals surface area contributed by atoms with Crippen molar-refractivity contribution in [1.82, 2.24) is 10.3 Å². The Morgan fingerprint density at radius 2 is 1.76 bits per heavy atom. The second-order valence-electron chi connectivity index (χ2n) is 4.81. The van der Waals surface area contributed by atoms with E-state index < -0.39 is 0 Å². The fourth-order valence-corrected chi connectivity index (χ4v) is 2.08. The van der Waals surface area contributed by atoms with Gasteiger partial charge in [0, 0.05) is 18.9 Å². The number of benzene rings is 1. The number of hydrogen-bond acceptors (Lipinski definition) is 2. The molecule has 21 heavy (non-hydrogen) atoms. The number of aromatic nitrogens is 1. The lowest BCUT2D eigenvalue weighted by atomic mass is 10.1. The van der Waals surface area contributed by atoms with Gasteiger partial charge in [-0.25, -0.2) is 0 Å². The van der Waals surface area contributed by atoms with Gasteiger partial charge in [0.05, 0.1) is 5.56 Å². The number of carbonyl (C=O) groups is 1. The van der Waals surface area contributed by atoms with Gasteiger partial charge in [-0.2, -0.15) is 0 Å². The highest BCUT2D eigenvalue weighted by Gasteiger charge is 2.03. The zero-order chi connectivity index (χ0) is 14.2. The molecule has 2 aromatic rings. The molecule has 4 heteroatoms. The molecule has 0 unspecified atom stereocenters. The molecule has 0 radical (unpaired) electrons. The first-order valence-electron chi connectivity index (χ1n) is 7.05. The summed E-state index contributed by atoms with van der Waals surface area (Å²) in [4.78, 5) is 15.8. The van der Waals surface area contributed by atoms with Crippen LogP contribution in [0.25, 0.3) is 0 Å². The van der Waals surface area contributed by atoms with Gasteiger partial charge >= 0.3 is 0 Å². The average Bonchev–Trinajstić information content (AvgIpc) is 2.50. The number of rotatable bonds is 6. The van der Waals surface area contributed by atoms with Gasteiger partial charge in [0.1, 0.15) is 0 Å². The average molecular weight is 305 g/mol. The number of pyridine rings is 1. The zero-order valence-corrected chi connectivity index (χ0v) is 13.0. The number of aryl methyl sites for hydroxylation is 1. The number of halogens is 1. The van der Waals surface area contributed by atoms with Crippen molar-refractivity contribution < 1.29 is 4.79 Å². The van der Waals surface area contributed by atoms with Gasteiger partial charge in [0.25, 0.3) is 5.91 Å². The molecule has 1 N–H and O–H groups in total. The Kier molecular flexibility index (Phi) is 7.48. The van der Waals surface area contributed by atoms with Crippen molar-refractivity contribution >= 4 is 18.3 Å². The van der Waals surface area contributed by atoms with Gasteiger partial charge in [-0.1, -0.05) is 37.6 Å². The Morgan fingerprint density at radius 3 is 2.33 bits per heavy atom. The van der Waals surface area contributed by atoms with Crippen LogP contribution in [0, 0.1) is 0 Å². The first kappa shape index (κ1) is 17.2. The minimum atomic E-state index is -0.0688. The lowest BCUT2D eigenvalue weighted by Gasteiger charge is -2.06. The SMILES string of the molecule is CCCc1ccc(CCNC(=O)c2cccnc2)cc1.Cl. The van der Waals surface area contributed by atoms with E-state index in [0.29, 0.717) is 12.1 Å². The first-order valence-corrected chi connectivity index (χ1v) is 7.05. The van der Waals surface area contributed by atoms with E-state index in [1.807, 2.05) is 0 Å². The van der Waals surface area contributed by atoms with Crippen LogP contribution in [-0.2, 0) is 12.8 Å². The minimum absolute atomic E-state index is 0. The predicted octanol–water partition coefficient (Wildman–Crippen LogP) is 3.43. The first-order chi connectivity index (χ1) is 9.79. The van der Waals surface area contributed by atoms with Gasteiger partial charge in [0.2, 0.25) is 0 Å². The maximum Gasteiger partial charge on any atom is 0.252 e. The van der Waals surface area contributed by atoms with Gasteiger partial charge in [-0.15, -0.1) is 12.4 Å². The number of nitrogens with one attached hydrogen (secondary N) is 1. The molecule has 0 aliphatic rings. The highest BCUT2D eigenvalue weighted by atomic mass is 35.5. The summed E-state index contributed by atoms with van der Waals surface area (Å²) < 4.78 is 0. The van der Waals surface area contributed by atoms with E-state index in [1.54, 1.807) is 24.5 Å². The van der Waals surface area contributed by atoms with Crippen molar-refractivity contribution in [2.75, 3.05) is 6.54 Å². The van der Waals surface area contributed by atoms with E-state index >= 15 is 0 Å². The van der Waals surface area contributed by atoms with Crippen molar-refractivity contribution in [2.24, 2.45) is 0 Å². The Labute approximate surface area is 132 Å². The highest BCUT2D eigenvalue weighted by molar-refractivity contribution is 5.93. The Hall–Kier alpha value is -1.87. The fourth-order valence-electron chi connectivity index (χ4n) is 2.08. The van der Waals surface area contributed by atoms with Crippen LogP contribution in [0.1, 0.15) is 34.8 Å². The van der Waals surface area contributed by atoms with Crippen molar-refractivity contribution in [3.63, 3.8) is 0 Å². The van der Waals surface area contributed by atoms with Crippen LogP contribution in [-0.4, -0.2) is 17.4 Å². The molecule has 3 nitrogen and oxygen atoms in total. The molecular formula is C17H21ClN2O. The van der Waals surface area contributed by atoms with Gasteiger partial charge in [-0.3, -0.25) is 9.78 Å². The molecule has 0 fully saturated rings. The lowest BCUT2D eigenvalue weighted by molar-refractivity contribution is 0.0954. The van der Waals surface area contributed by atoms with Gasteiger partial charge < -0.3 is 5.32 Å². The third-order valence-corrected chi connectivity index (χ3v) is 3.18. The van der Waals surface area contributed by atoms with Gasteiger partial charge in [0.15, 0.2) is 0 Å². The third-order valence-electron chi connectivity index (χ3n) is 3.18. The third kappa shape index (κ3) is 5.56. The molecule has 0 saturated heterocycles. The van der Waals surface area contributed by atoms with E-state index in [4.69, 9.17) is 0 Å². The molecule has 1 aromatic heterocycles. The normalized spacial score (nSPS) is 9.76. The van der Waals surface area contributed by atoms with E-state index in [0.717, 1.165) is 12.8 Å². The summed E-state index contributed by atoms with van der Waals surface area (Å²) in [6, 6.07) is 12.1. The maximum atomic E-state index is 11.8. The Bertz CT molecular complexity index is 540. The molecule has 0 spiro atoms. The molecular weight excluding hydrogens is 284 g/mol. The number of nitrogens with zero attached hydrogens (tertiary/aromatic N) is 1. The predicted molar refractivity (Wildman–Crippen MR) is 88.0 cm³/mol. The van der Waals surface area contributed by atoms with Crippen LogP contribution < -0.4 is 5.32 Å². The van der Waals surface area contributed by atoms with Crippen LogP contribution in [0.5, 0.6) is 0 Å². The van der Waals surface area contributed by atoms with Crippen LogP contribution in [0.2, 0.25) is 0 Å². The number of amides is 1. The number of hydrogen-bond donors (Lipinski definition) is 1. The molecule has 0 saturated carbocycles. The highest BCUT2D eigenvalue weighted by Crippen LogP contribution is 2.07. The fraction of sp³-hybridized carbons (Fsp3) is 0.294. The molecule has 0 atom stereocenters. The summed E-state index contributed by atoms with van der Waals surface area (Å²) in [5.41, 5.74) is 3.22. The van der Waals surface area contributed by atoms with Crippen LogP contribution in [0.3, 0.4) is 0 Å². The zero-order valence-electron chi connectivity index (χ0n) is 12.2. The summed E-state index contributed by atoms with van der Waals surface area (Å²) in [5, 5.41) is 2.91. The van der Waals surface area contributed by atoms with E-state index in [9.17, 15) is 4.79 Å². The monoisotopic (exact) mass is 304 g/mol. The lowest BCUT2D eigenvalue weighted by Crippen LogP contribution is -2.25. The molecule has 1 heterocycles. The van der Waals surface area contributed by atoms with Crippen LogP contribution in [0.4, 0.5) is 0 Å². The molecule has 0 aliphatic carbocycles. The Morgan fingerprint density at radius 1 is 1.10 bits per heavy atom. The van der Waals surface area contributed by atoms with E-state index in [2.05, 4.69) is 41.5 Å². The molecule has 0 aliphatic heterocycles. The molecule has 2 rings (SSSR count). The van der Waals surface area contributed by atoms with Crippen LogP contribution >= 0.6 is 12.4 Å². The molecule has 1 aromatic carbocycles. The summed E-state index contributed by atoms with van der Waals surface area (Å²) in [6.45, 7) is 2.82. The van der Waals surface area contributed by atoms with Crippen molar-refractivity contribution in [3.05, 3.63) is 65.5 Å². The quantitative estimate of drug-likeness (QED) is 0.888. The van der Waals surface area contributed by atoms with Crippen molar-refractivity contribution in [3.8, 4) is 0 Å². The summed E-state index contributed by atoms with van der Waals surface area (Å²) in [6.07, 6.45) is 6.38. The Balaban J connectivity index is 0.00000220. The van der Waals surface area contributed by atoms with E-state index in [-0.39, 0.29) is 18.3 Å². The van der Waals surface area contributed by atoms with Gasteiger partial charge in [-0.05, 0) is 36.1 Å². The molecule has 1 amide bonds. The smallest absolute Gasteiger partial charge is 0.252 e. The topological polar surface area (TPSA) is 42.0 Å². The van der Waals surface area contributed by atoms with E-state index in [1.165, 1.54) is 17.5 Å². The summed E-state index contributed by atoms with van der Waals surface area (Å²) >= 11 is 0. The summed E-state index contributed by atoms with van der Waals surface area (Å²) in [7, 11) is 0. The van der Waals surface area contributed by atoms with Crippen molar-refractivity contribution in [1.29, 1.82) is 0 Å². The molecule has 0 bridgehead atoms. The van der Waals surface area contributed by atoms with Crippen LogP contribution in [0.15, 0.2) is 48.8 Å². The largest absolute Gasteiger partial charge is 0.352 e. The minimum Gasteiger partial charge on any atom is -0.352 e. The second-order valence-corrected chi connectivity index (χ2v) is 4.81. The molecule has 112 valence electrons. The summed E-state index contributed by atoms with van der Waals surface area (Å²) in [5.74, 6) is -0.0688. The maximum absolute atomic E-state index is 11.8. The standard InChI is InChI=1S/C17H20N2O.ClH/c1-2-4-14-6-8-15(9-7-14)10-12-19-17(20)16-5-3-11-18-13-16;/h3,5-9,11,13H,2,4,10,12H2,1H3,(H,19,20);1H. The number of carbonyl (C=O) groups excluding carboxylic acids is 1. The van der Waals surface area contributed by atoms with Crippen molar-refractivity contribution in [2.45, 2.75) is 26.2 Å².